The molecule has 1 aromatic carbocycles. The molecule has 0 amide bonds. The van der Waals surface area contributed by atoms with Crippen molar-refractivity contribution in [3.8, 4) is 11.5 Å². The molecule has 0 saturated carbocycles. The first kappa shape index (κ1) is 20.5. The fourth-order valence-electron chi connectivity index (χ4n) is 3.55. The van der Waals surface area contributed by atoms with E-state index in [0.29, 0.717) is 42.9 Å². The molecule has 1 fully saturated rings. The first-order chi connectivity index (χ1) is 14.4. The largest absolute Gasteiger partial charge is 0.339 e. The highest BCUT2D eigenvalue weighted by molar-refractivity contribution is 7.88. The third kappa shape index (κ3) is 4.85. The van der Waals surface area contributed by atoms with Gasteiger partial charge in [-0.25, -0.2) is 26.5 Å². The Bertz CT molecular complexity index is 1100. The number of hydrogen-bond donors (Lipinski definition) is 0. The molecule has 4 rings (SSSR count). The topological polar surface area (TPSA) is 102 Å². The van der Waals surface area contributed by atoms with Gasteiger partial charge >= 0.3 is 0 Å². The number of piperidine rings is 1. The highest BCUT2D eigenvalue weighted by atomic mass is 32.2. The summed E-state index contributed by atoms with van der Waals surface area (Å²) in [4.78, 5) is 12.4. The second-order valence-electron chi connectivity index (χ2n) is 7.21. The molecule has 1 saturated heterocycles. The van der Waals surface area contributed by atoms with E-state index in [4.69, 9.17) is 4.52 Å². The fraction of sp³-hybridized carbons (Fsp3) is 0.368. The lowest BCUT2D eigenvalue weighted by atomic mass is 9.96. The molecule has 30 heavy (non-hydrogen) atoms. The summed E-state index contributed by atoms with van der Waals surface area (Å²) in [6.45, 7) is 0.647. The predicted molar refractivity (Wildman–Crippen MR) is 102 cm³/mol. The van der Waals surface area contributed by atoms with E-state index in [-0.39, 0.29) is 18.0 Å². The molecule has 1 aliphatic heterocycles. The third-order valence-electron chi connectivity index (χ3n) is 4.87. The Hall–Kier alpha value is -2.79. The first-order valence-corrected chi connectivity index (χ1v) is 11.0. The lowest BCUT2D eigenvalue weighted by molar-refractivity contribution is 0.247. The van der Waals surface area contributed by atoms with Crippen LogP contribution in [0, 0.1) is 17.6 Å². The Kier molecular flexibility index (Phi) is 5.82. The van der Waals surface area contributed by atoms with Crippen LogP contribution in [0.4, 0.5) is 8.78 Å². The van der Waals surface area contributed by atoms with Crippen LogP contribution in [0.15, 0.2) is 41.3 Å². The van der Waals surface area contributed by atoms with Crippen molar-refractivity contribution in [2.45, 2.75) is 25.0 Å². The fourth-order valence-corrected chi connectivity index (χ4v) is 5.16. The number of sulfonamides is 1. The van der Waals surface area contributed by atoms with Gasteiger partial charge in [0.25, 0.3) is 0 Å². The minimum absolute atomic E-state index is 0.00655. The molecule has 3 aromatic rings. The molecule has 0 spiro atoms. The maximum absolute atomic E-state index is 13.4. The molecular formula is C19H19F2N5O3S. The van der Waals surface area contributed by atoms with E-state index in [1.807, 2.05) is 0 Å². The van der Waals surface area contributed by atoms with Gasteiger partial charge in [-0.3, -0.25) is 4.98 Å². The summed E-state index contributed by atoms with van der Waals surface area (Å²) in [5.41, 5.74) is 0.572. The van der Waals surface area contributed by atoms with Gasteiger partial charge in [0.15, 0.2) is 0 Å². The summed E-state index contributed by atoms with van der Waals surface area (Å²) in [6.07, 6.45) is 6.50. The van der Waals surface area contributed by atoms with E-state index in [0.717, 1.165) is 18.6 Å². The van der Waals surface area contributed by atoms with Crippen LogP contribution in [-0.4, -0.2) is 45.9 Å². The van der Waals surface area contributed by atoms with Gasteiger partial charge in [0.2, 0.25) is 21.7 Å². The van der Waals surface area contributed by atoms with Gasteiger partial charge in [-0.1, -0.05) is 5.16 Å². The molecule has 11 heteroatoms. The van der Waals surface area contributed by atoms with E-state index >= 15 is 0 Å². The molecule has 8 nitrogen and oxygen atoms in total. The zero-order valence-corrected chi connectivity index (χ0v) is 16.7. The van der Waals surface area contributed by atoms with E-state index in [2.05, 4.69) is 20.1 Å². The van der Waals surface area contributed by atoms with E-state index in [1.54, 1.807) is 6.20 Å². The smallest absolute Gasteiger partial charge is 0.227 e. The van der Waals surface area contributed by atoms with Crippen LogP contribution >= 0.6 is 0 Å². The molecule has 0 aliphatic carbocycles. The molecular weight excluding hydrogens is 416 g/mol. The highest BCUT2D eigenvalue weighted by Crippen LogP contribution is 2.25. The van der Waals surface area contributed by atoms with Crippen LogP contribution in [0.3, 0.4) is 0 Å². The van der Waals surface area contributed by atoms with Gasteiger partial charge in [-0.15, -0.1) is 0 Å². The Morgan fingerprint density at radius 3 is 2.70 bits per heavy atom. The normalized spacial score (nSPS) is 17.9. The molecule has 1 atom stereocenters. The summed E-state index contributed by atoms with van der Waals surface area (Å²) in [6, 6.07) is 2.79. The maximum Gasteiger partial charge on any atom is 0.227 e. The SMILES string of the molecule is O=S(=O)(Cc1cc(F)cc(F)c1)N1CCCC(Cc2nc(-c3cnccn3)no2)C1. The zero-order chi connectivity index (χ0) is 21.1. The van der Waals surface area contributed by atoms with Crippen LogP contribution in [0.5, 0.6) is 0 Å². The summed E-state index contributed by atoms with van der Waals surface area (Å²) >= 11 is 0. The van der Waals surface area contributed by atoms with Gasteiger partial charge in [-0.05, 0) is 36.5 Å². The van der Waals surface area contributed by atoms with Gasteiger partial charge < -0.3 is 4.52 Å². The number of nitrogens with zero attached hydrogens (tertiary/aromatic N) is 5. The van der Waals surface area contributed by atoms with E-state index in [9.17, 15) is 17.2 Å². The minimum Gasteiger partial charge on any atom is -0.339 e. The van der Waals surface area contributed by atoms with Crippen LogP contribution in [-0.2, 0) is 22.2 Å². The minimum atomic E-state index is -3.72. The summed E-state index contributed by atoms with van der Waals surface area (Å²) < 4.78 is 59.0. The molecule has 0 bridgehead atoms. The van der Waals surface area contributed by atoms with Crippen LogP contribution in [0.1, 0.15) is 24.3 Å². The van der Waals surface area contributed by atoms with Crippen molar-refractivity contribution in [2.24, 2.45) is 5.92 Å². The molecule has 0 radical (unpaired) electrons. The van der Waals surface area contributed by atoms with Crippen molar-refractivity contribution < 1.29 is 21.7 Å². The first-order valence-electron chi connectivity index (χ1n) is 9.41. The molecule has 0 N–H and O–H groups in total. The van der Waals surface area contributed by atoms with Crippen LogP contribution in [0.25, 0.3) is 11.5 Å². The highest BCUT2D eigenvalue weighted by Gasteiger charge is 2.30. The van der Waals surface area contributed by atoms with Crippen molar-refractivity contribution in [3.05, 3.63) is 59.9 Å². The number of aromatic nitrogens is 4. The number of halogens is 2. The van der Waals surface area contributed by atoms with Crippen molar-refractivity contribution in [2.75, 3.05) is 13.1 Å². The lowest BCUT2D eigenvalue weighted by Gasteiger charge is -2.31. The molecule has 1 aliphatic rings. The van der Waals surface area contributed by atoms with E-state index in [1.165, 1.54) is 16.7 Å². The molecule has 158 valence electrons. The summed E-state index contributed by atoms with van der Waals surface area (Å²) in [5, 5.41) is 3.90. The number of benzene rings is 1. The number of rotatable bonds is 6. The van der Waals surface area contributed by atoms with Gasteiger partial charge in [0, 0.05) is 38.0 Å². The molecule has 1 unspecified atom stereocenters. The quantitative estimate of drug-likeness (QED) is 0.586. The summed E-state index contributed by atoms with van der Waals surface area (Å²) in [5.74, 6) is -1.34. The summed E-state index contributed by atoms with van der Waals surface area (Å²) in [7, 11) is -3.72. The maximum atomic E-state index is 13.4. The monoisotopic (exact) mass is 435 g/mol. The van der Waals surface area contributed by atoms with E-state index < -0.39 is 27.4 Å². The van der Waals surface area contributed by atoms with Crippen molar-refractivity contribution in [1.82, 2.24) is 24.4 Å². The zero-order valence-electron chi connectivity index (χ0n) is 15.9. The Morgan fingerprint density at radius 2 is 1.97 bits per heavy atom. The van der Waals surface area contributed by atoms with Crippen molar-refractivity contribution in [1.29, 1.82) is 0 Å². The van der Waals surface area contributed by atoms with Gasteiger partial charge in [-0.2, -0.15) is 4.98 Å². The number of hydrogen-bond acceptors (Lipinski definition) is 7. The lowest BCUT2D eigenvalue weighted by Crippen LogP contribution is -2.41. The van der Waals surface area contributed by atoms with Crippen molar-refractivity contribution in [3.63, 3.8) is 0 Å². The van der Waals surface area contributed by atoms with Gasteiger partial charge in [0.1, 0.15) is 17.3 Å². The average molecular weight is 435 g/mol. The second-order valence-corrected chi connectivity index (χ2v) is 9.18. The third-order valence-corrected chi connectivity index (χ3v) is 6.69. The molecule has 2 aromatic heterocycles. The van der Waals surface area contributed by atoms with Crippen LogP contribution < -0.4 is 0 Å². The second kappa shape index (κ2) is 8.52. The molecule has 3 heterocycles. The average Bonchev–Trinajstić information content (AvgIpc) is 3.16. The predicted octanol–water partition coefficient (Wildman–Crippen LogP) is 2.59. The standard InChI is InChI=1S/C19H19F2N5O3S/c20-15-6-14(7-16(21)9-15)12-30(27,28)26-5-1-2-13(11-26)8-18-24-19(25-29-18)17-10-22-3-4-23-17/h3-4,6-7,9-10,13H,1-2,5,8,11-12H2. The van der Waals surface area contributed by atoms with Gasteiger partial charge in [0.05, 0.1) is 11.9 Å². The Morgan fingerprint density at radius 1 is 1.17 bits per heavy atom. The Labute approximate surface area is 172 Å². The van der Waals surface area contributed by atoms with Crippen LogP contribution in [0.2, 0.25) is 0 Å². The van der Waals surface area contributed by atoms with Crippen molar-refractivity contribution >= 4 is 10.0 Å². The Balaban J connectivity index is 1.42.